The lowest BCUT2D eigenvalue weighted by Gasteiger charge is -2.31. The third-order valence-electron chi connectivity index (χ3n) is 3.14. The number of ether oxygens (including phenoxy) is 1. The first-order chi connectivity index (χ1) is 10.0. The Kier molecular flexibility index (Phi) is 5.22. The van der Waals surface area contributed by atoms with Crippen LogP contribution >= 0.6 is 15.9 Å². The van der Waals surface area contributed by atoms with Gasteiger partial charge in [0.2, 0.25) is 10.0 Å². The second-order valence-electron chi connectivity index (χ2n) is 4.49. The van der Waals surface area contributed by atoms with Crippen LogP contribution in [0.3, 0.4) is 0 Å². The average molecular weight is 374 g/mol. The van der Waals surface area contributed by atoms with Gasteiger partial charge in [-0.3, -0.25) is 0 Å². The van der Waals surface area contributed by atoms with Crippen LogP contribution in [0.5, 0.6) is 5.75 Å². The van der Waals surface area contributed by atoms with Crippen molar-refractivity contribution in [2.75, 3.05) is 26.2 Å². The third kappa shape index (κ3) is 3.37. The van der Waals surface area contributed by atoms with E-state index in [1.54, 1.807) is 19.1 Å². The monoisotopic (exact) mass is 373 g/mol. The summed E-state index contributed by atoms with van der Waals surface area (Å²) in [4.78, 5) is 0.0841. The molecule has 0 saturated carbocycles. The molecule has 0 bridgehead atoms. The van der Waals surface area contributed by atoms with E-state index >= 15 is 0 Å². The van der Waals surface area contributed by atoms with E-state index in [0.717, 1.165) is 0 Å². The first-order valence-corrected chi connectivity index (χ1v) is 8.78. The Labute approximate surface area is 132 Å². The molecule has 1 heterocycles. The van der Waals surface area contributed by atoms with E-state index in [-0.39, 0.29) is 11.4 Å². The Morgan fingerprint density at radius 3 is 3.00 bits per heavy atom. The molecule has 0 radical (unpaired) electrons. The Bertz CT molecular complexity index is 657. The van der Waals surface area contributed by atoms with Gasteiger partial charge in [-0.2, -0.15) is 9.57 Å². The Morgan fingerprint density at radius 2 is 2.33 bits per heavy atom. The number of hydrogen-bond donors (Lipinski definition) is 1. The minimum Gasteiger partial charge on any atom is -0.492 e. The number of sulfonamides is 1. The highest BCUT2D eigenvalue weighted by molar-refractivity contribution is 9.10. The number of halogens is 1. The van der Waals surface area contributed by atoms with Gasteiger partial charge in [-0.15, -0.1) is 0 Å². The minimum atomic E-state index is -3.78. The molecule has 0 aromatic heterocycles. The van der Waals surface area contributed by atoms with E-state index in [1.807, 2.05) is 6.07 Å². The quantitative estimate of drug-likeness (QED) is 0.860. The highest BCUT2D eigenvalue weighted by Gasteiger charge is 2.35. The molecule has 8 heteroatoms. The third-order valence-corrected chi connectivity index (χ3v) is 5.56. The van der Waals surface area contributed by atoms with Crippen LogP contribution in [0, 0.1) is 11.3 Å². The molecule has 1 aliphatic heterocycles. The first kappa shape index (κ1) is 16.2. The Hall–Kier alpha value is -1.14. The SMILES string of the molecule is CCOc1ccc(Br)cc1S(=O)(=O)N1CCNCC1C#N. The van der Waals surface area contributed by atoms with E-state index in [4.69, 9.17) is 10.00 Å². The summed E-state index contributed by atoms with van der Waals surface area (Å²) in [7, 11) is -3.78. The Balaban J connectivity index is 2.48. The van der Waals surface area contributed by atoms with Crippen molar-refractivity contribution in [3.8, 4) is 11.8 Å². The van der Waals surface area contributed by atoms with Gasteiger partial charge in [-0.25, -0.2) is 8.42 Å². The van der Waals surface area contributed by atoms with Gasteiger partial charge in [0.1, 0.15) is 16.7 Å². The summed E-state index contributed by atoms with van der Waals surface area (Å²) in [6.07, 6.45) is 0. The number of rotatable bonds is 4. The predicted octanol–water partition coefficient (Wildman–Crippen LogP) is 1.33. The van der Waals surface area contributed by atoms with Crippen LogP contribution < -0.4 is 10.1 Å². The Morgan fingerprint density at radius 1 is 1.57 bits per heavy atom. The van der Waals surface area contributed by atoms with E-state index in [9.17, 15) is 8.42 Å². The molecule has 0 amide bonds. The molecule has 1 aliphatic rings. The lowest BCUT2D eigenvalue weighted by atomic mass is 10.3. The van der Waals surface area contributed by atoms with Crippen molar-refractivity contribution in [1.29, 1.82) is 5.26 Å². The van der Waals surface area contributed by atoms with E-state index in [1.165, 1.54) is 10.4 Å². The topological polar surface area (TPSA) is 82.4 Å². The van der Waals surface area contributed by atoms with Crippen molar-refractivity contribution in [3.05, 3.63) is 22.7 Å². The fourth-order valence-corrected chi connectivity index (χ4v) is 4.38. The fourth-order valence-electron chi connectivity index (χ4n) is 2.17. The minimum absolute atomic E-state index is 0.0841. The zero-order chi connectivity index (χ0) is 15.5. The van der Waals surface area contributed by atoms with Gasteiger partial charge < -0.3 is 10.1 Å². The normalized spacial score (nSPS) is 20.0. The summed E-state index contributed by atoms with van der Waals surface area (Å²) in [5.41, 5.74) is 0. The number of hydrogen-bond acceptors (Lipinski definition) is 5. The second-order valence-corrected chi connectivity index (χ2v) is 7.26. The van der Waals surface area contributed by atoms with Crippen LogP contribution in [-0.4, -0.2) is 45.0 Å². The molecule has 2 rings (SSSR count). The smallest absolute Gasteiger partial charge is 0.248 e. The number of piperazine rings is 1. The van der Waals surface area contributed by atoms with Crippen molar-refractivity contribution in [1.82, 2.24) is 9.62 Å². The van der Waals surface area contributed by atoms with Crippen LogP contribution in [0.1, 0.15) is 6.92 Å². The van der Waals surface area contributed by atoms with Gasteiger partial charge in [-0.05, 0) is 25.1 Å². The van der Waals surface area contributed by atoms with Gasteiger partial charge in [0.25, 0.3) is 0 Å². The maximum Gasteiger partial charge on any atom is 0.248 e. The molecule has 0 aliphatic carbocycles. The van der Waals surface area contributed by atoms with Crippen LogP contribution in [-0.2, 0) is 10.0 Å². The summed E-state index contributed by atoms with van der Waals surface area (Å²) in [6.45, 7) is 3.27. The lowest BCUT2D eigenvalue weighted by Crippen LogP contribution is -2.52. The zero-order valence-electron chi connectivity index (χ0n) is 11.5. The molecule has 21 heavy (non-hydrogen) atoms. The number of nitrogens with zero attached hydrogens (tertiary/aromatic N) is 2. The molecule has 1 aromatic carbocycles. The van der Waals surface area contributed by atoms with Crippen molar-refractivity contribution >= 4 is 26.0 Å². The van der Waals surface area contributed by atoms with Crippen molar-refractivity contribution in [3.63, 3.8) is 0 Å². The maximum atomic E-state index is 12.9. The van der Waals surface area contributed by atoms with Crippen LogP contribution in [0.2, 0.25) is 0 Å². The molecular formula is C13H16BrN3O3S. The molecule has 1 N–H and O–H groups in total. The van der Waals surface area contributed by atoms with Gasteiger partial charge in [0, 0.05) is 24.1 Å². The van der Waals surface area contributed by atoms with Crippen LogP contribution in [0.25, 0.3) is 0 Å². The first-order valence-electron chi connectivity index (χ1n) is 6.55. The zero-order valence-corrected chi connectivity index (χ0v) is 13.9. The van der Waals surface area contributed by atoms with Crippen LogP contribution in [0.4, 0.5) is 0 Å². The summed E-state index contributed by atoms with van der Waals surface area (Å²) in [5, 5.41) is 12.2. The molecule has 1 saturated heterocycles. The lowest BCUT2D eigenvalue weighted by molar-refractivity contribution is 0.305. The molecule has 1 atom stereocenters. The molecule has 1 aromatic rings. The average Bonchev–Trinajstić information content (AvgIpc) is 2.49. The van der Waals surface area contributed by atoms with Gasteiger partial charge in [-0.1, -0.05) is 15.9 Å². The summed E-state index contributed by atoms with van der Waals surface area (Å²) >= 11 is 3.28. The summed E-state index contributed by atoms with van der Waals surface area (Å²) in [6, 6.07) is 6.17. The number of benzene rings is 1. The fraction of sp³-hybridized carbons (Fsp3) is 0.462. The summed E-state index contributed by atoms with van der Waals surface area (Å²) < 4.78 is 33.0. The predicted molar refractivity (Wildman–Crippen MR) is 81.5 cm³/mol. The highest BCUT2D eigenvalue weighted by atomic mass is 79.9. The highest BCUT2D eigenvalue weighted by Crippen LogP contribution is 2.31. The number of nitriles is 1. The maximum absolute atomic E-state index is 12.9. The molecule has 6 nitrogen and oxygen atoms in total. The summed E-state index contributed by atoms with van der Waals surface area (Å²) in [5.74, 6) is 0.302. The van der Waals surface area contributed by atoms with Gasteiger partial charge in [0.15, 0.2) is 0 Å². The second kappa shape index (κ2) is 6.75. The van der Waals surface area contributed by atoms with E-state index < -0.39 is 16.1 Å². The number of nitrogens with one attached hydrogen (secondary N) is 1. The standard InChI is InChI=1S/C13H16BrN3O3S/c1-2-20-12-4-3-10(14)7-13(12)21(18,19)17-6-5-16-9-11(17)8-15/h3-4,7,11,16H,2,5-6,9H2,1H3. The van der Waals surface area contributed by atoms with Crippen LogP contribution in [0.15, 0.2) is 27.6 Å². The van der Waals surface area contributed by atoms with Crippen molar-refractivity contribution in [2.24, 2.45) is 0 Å². The molecular weight excluding hydrogens is 358 g/mol. The molecule has 0 spiro atoms. The van der Waals surface area contributed by atoms with Gasteiger partial charge >= 0.3 is 0 Å². The molecule has 114 valence electrons. The van der Waals surface area contributed by atoms with E-state index in [0.29, 0.717) is 29.9 Å². The van der Waals surface area contributed by atoms with Gasteiger partial charge in [0.05, 0.1) is 12.7 Å². The largest absolute Gasteiger partial charge is 0.492 e. The van der Waals surface area contributed by atoms with E-state index in [2.05, 4.69) is 21.2 Å². The molecule has 1 fully saturated rings. The van der Waals surface area contributed by atoms with Crippen molar-refractivity contribution < 1.29 is 13.2 Å². The van der Waals surface area contributed by atoms with Crippen molar-refractivity contribution in [2.45, 2.75) is 17.9 Å². The molecule has 1 unspecified atom stereocenters.